The van der Waals surface area contributed by atoms with Crippen LogP contribution in [-0.4, -0.2) is 9.97 Å². The number of aromatic nitrogens is 2. The third-order valence-electron chi connectivity index (χ3n) is 3.18. The molecule has 1 N–H and O–H groups in total. The van der Waals surface area contributed by atoms with Crippen molar-refractivity contribution < 1.29 is 4.39 Å². The molecule has 2 aromatic rings. The zero-order valence-electron chi connectivity index (χ0n) is 10.2. The van der Waals surface area contributed by atoms with E-state index in [4.69, 9.17) is 11.6 Å². The summed E-state index contributed by atoms with van der Waals surface area (Å²) in [6.07, 6.45) is 3.43. The first-order chi connectivity index (χ1) is 9.25. The lowest BCUT2D eigenvalue weighted by Crippen LogP contribution is -2.07. The van der Waals surface area contributed by atoms with Crippen molar-refractivity contribution in [1.82, 2.24) is 9.97 Å². The summed E-state index contributed by atoms with van der Waals surface area (Å²) in [5.74, 6) is 0.178. The van der Waals surface area contributed by atoms with Crippen LogP contribution in [0.15, 0.2) is 30.6 Å². The van der Waals surface area contributed by atoms with Gasteiger partial charge in [0.05, 0.1) is 5.69 Å². The van der Waals surface area contributed by atoms with Crippen molar-refractivity contribution in [2.45, 2.75) is 25.3 Å². The summed E-state index contributed by atoms with van der Waals surface area (Å²) in [7, 11) is 0. The normalized spacial score (nSPS) is 14.4. The molecule has 3 nitrogen and oxygen atoms in total. The molecule has 98 valence electrons. The molecule has 1 aromatic heterocycles. The smallest absolute Gasteiger partial charge is 0.187 e. The van der Waals surface area contributed by atoms with Gasteiger partial charge in [-0.2, -0.15) is 0 Å². The average Bonchev–Trinajstić information content (AvgIpc) is 3.24. The molecule has 1 saturated carbocycles. The van der Waals surface area contributed by atoms with Crippen molar-refractivity contribution in [3.63, 3.8) is 0 Å². The lowest BCUT2D eigenvalue weighted by molar-refractivity contribution is 0.595. The fourth-order valence-corrected chi connectivity index (χ4v) is 2.17. The number of nitrogens with zero attached hydrogens (tertiary/aromatic N) is 2. The molecule has 0 bridgehead atoms. The predicted molar refractivity (Wildman–Crippen MR) is 72.7 cm³/mol. The highest BCUT2D eigenvalue weighted by molar-refractivity contribution is 6.31. The van der Waals surface area contributed by atoms with E-state index < -0.39 is 0 Å². The Balaban J connectivity index is 1.77. The molecular weight excluding hydrogens is 265 g/mol. The lowest BCUT2D eigenvalue weighted by Gasteiger charge is -2.09. The molecule has 0 spiro atoms. The topological polar surface area (TPSA) is 37.8 Å². The summed E-state index contributed by atoms with van der Waals surface area (Å²) in [5, 5.41) is 3.64. The molecule has 0 unspecified atom stereocenters. The summed E-state index contributed by atoms with van der Waals surface area (Å²) in [6, 6.07) is 7.47. The number of hydrogen-bond acceptors (Lipinski definition) is 3. The number of hydrogen-bond donors (Lipinski definition) is 1. The minimum Gasteiger partial charge on any atom is -0.363 e. The van der Waals surface area contributed by atoms with Crippen LogP contribution in [0.1, 0.15) is 30.0 Å². The molecule has 5 heteroatoms. The molecule has 1 aliphatic carbocycles. The van der Waals surface area contributed by atoms with E-state index in [1.807, 2.05) is 24.3 Å². The van der Waals surface area contributed by atoms with Crippen LogP contribution in [0, 0.1) is 5.82 Å². The Bertz CT molecular complexity index is 599. The molecule has 0 aliphatic heterocycles. The van der Waals surface area contributed by atoms with Gasteiger partial charge in [0.15, 0.2) is 11.6 Å². The summed E-state index contributed by atoms with van der Waals surface area (Å²) < 4.78 is 14.1. The summed E-state index contributed by atoms with van der Waals surface area (Å²) in [6.45, 7) is 0.442. The van der Waals surface area contributed by atoms with Crippen molar-refractivity contribution in [2.24, 2.45) is 0 Å². The van der Waals surface area contributed by atoms with Gasteiger partial charge < -0.3 is 5.32 Å². The maximum absolute atomic E-state index is 14.1. The second-order valence-electron chi connectivity index (χ2n) is 4.64. The van der Waals surface area contributed by atoms with Gasteiger partial charge in [-0.1, -0.05) is 29.8 Å². The highest BCUT2D eigenvalue weighted by atomic mass is 35.5. The van der Waals surface area contributed by atoms with Gasteiger partial charge in [0, 0.05) is 17.5 Å². The summed E-state index contributed by atoms with van der Waals surface area (Å²) >= 11 is 6.06. The Kier molecular flexibility index (Phi) is 3.34. The van der Waals surface area contributed by atoms with Crippen molar-refractivity contribution in [3.8, 4) is 0 Å². The van der Waals surface area contributed by atoms with Crippen LogP contribution in [0.4, 0.5) is 10.2 Å². The van der Waals surface area contributed by atoms with Crippen molar-refractivity contribution in [1.29, 1.82) is 0 Å². The standard InChI is InChI=1S/C14H13ClFN3/c15-11-4-2-1-3-10(11)7-17-14-12(16)13(9-5-6-9)18-8-19-14/h1-4,8-9H,5-7H2,(H,17,18,19). The van der Waals surface area contributed by atoms with E-state index in [9.17, 15) is 4.39 Å². The van der Waals surface area contributed by atoms with Gasteiger partial charge in [0.1, 0.15) is 6.33 Å². The van der Waals surface area contributed by atoms with Crippen LogP contribution in [0.2, 0.25) is 5.02 Å². The average molecular weight is 278 g/mol. The SMILES string of the molecule is Fc1c(NCc2ccccc2Cl)ncnc1C1CC1. The van der Waals surface area contributed by atoms with Gasteiger partial charge in [-0.3, -0.25) is 0 Å². The van der Waals surface area contributed by atoms with Crippen LogP contribution < -0.4 is 5.32 Å². The zero-order valence-corrected chi connectivity index (χ0v) is 11.0. The van der Waals surface area contributed by atoms with E-state index in [2.05, 4.69) is 15.3 Å². The Morgan fingerprint density at radius 2 is 2.05 bits per heavy atom. The van der Waals surface area contributed by atoms with E-state index in [1.54, 1.807) is 0 Å². The zero-order chi connectivity index (χ0) is 13.2. The fraction of sp³-hybridized carbons (Fsp3) is 0.286. The molecule has 1 aliphatic rings. The number of halogens is 2. The Morgan fingerprint density at radius 1 is 1.26 bits per heavy atom. The quantitative estimate of drug-likeness (QED) is 0.925. The van der Waals surface area contributed by atoms with Gasteiger partial charge >= 0.3 is 0 Å². The number of benzene rings is 1. The van der Waals surface area contributed by atoms with Gasteiger partial charge in [0.2, 0.25) is 0 Å². The second-order valence-corrected chi connectivity index (χ2v) is 5.05. The van der Waals surface area contributed by atoms with Gasteiger partial charge in [0.25, 0.3) is 0 Å². The molecule has 3 rings (SSSR count). The van der Waals surface area contributed by atoms with E-state index in [0.717, 1.165) is 18.4 Å². The van der Waals surface area contributed by atoms with Gasteiger partial charge in [-0.05, 0) is 24.5 Å². The monoisotopic (exact) mass is 277 g/mol. The minimum atomic E-state index is -0.336. The second kappa shape index (κ2) is 5.13. The molecule has 1 heterocycles. The van der Waals surface area contributed by atoms with E-state index in [0.29, 0.717) is 17.3 Å². The van der Waals surface area contributed by atoms with Gasteiger partial charge in [-0.15, -0.1) is 0 Å². The Morgan fingerprint density at radius 3 is 2.79 bits per heavy atom. The molecule has 0 atom stereocenters. The van der Waals surface area contributed by atoms with Crippen molar-refractivity contribution in [3.05, 3.63) is 52.7 Å². The highest BCUT2D eigenvalue weighted by Gasteiger charge is 2.29. The molecule has 1 fully saturated rings. The molecular formula is C14H13ClFN3. The largest absolute Gasteiger partial charge is 0.363 e. The molecule has 0 saturated heterocycles. The molecule has 19 heavy (non-hydrogen) atoms. The highest BCUT2D eigenvalue weighted by Crippen LogP contribution is 2.40. The minimum absolute atomic E-state index is 0.247. The van der Waals surface area contributed by atoms with E-state index in [1.165, 1.54) is 6.33 Å². The van der Waals surface area contributed by atoms with Crippen LogP contribution in [0.3, 0.4) is 0 Å². The maximum atomic E-state index is 14.1. The first-order valence-electron chi connectivity index (χ1n) is 6.23. The summed E-state index contributed by atoms with van der Waals surface area (Å²) in [5.41, 5.74) is 1.44. The summed E-state index contributed by atoms with van der Waals surface area (Å²) in [4.78, 5) is 7.97. The van der Waals surface area contributed by atoms with E-state index >= 15 is 0 Å². The fourth-order valence-electron chi connectivity index (χ4n) is 1.97. The first kappa shape index (κ1) is 12.4. The molecule has 1 aromatic carbocycles. The Hall–Kier alpha value is -1.68. The number of nitrogens with one attached hydrogen (secondary N) is 1. The van der Waals surface area contributed by atoms with Crippen molar-refractivity contribution >= 4 is 17.4 Å². The van der Waals surface area contributed by atoms with Crippen LogP contribution in [-0.2, 0) is 6.54 Å². The third-order valence-corrected chi connectivity index (χ3v) is 3.55. The maximum Gasteiger partial charge on any atom is 0.187 e. The first-order valence-corrected chi connectivity index (χ1v) is 6.61. The Labute approximate surface area is 115 Å². The lowest BCUT2D eigenvalue weighted by atomic mass is 10.2. The van der Waals surface area contributed by atoms with Crippen molar-refractivity contribution in [2.75, 3.05) is 5.32 Å². The van der Waals surface area contributed by atoms with Crippen LogP contribution in [0.25, 0.3) is 0 Å². The third kappa shape index (κ3) is 2.68. The molecule has 0 amide bonds. The van der Waals surface area contributed by atoms with E-state index in [-0.39, 0.29) is 17.6 Å². The number of rotatable bonds is 4. The predicted octanol–water partition coefficient (Wildman–Crippen LogP) is 3.76. The van der Waals surface area contributed by atoms with Crippen LogP contribution >= 0.6 is 11.6 Å². The van der Waals surface area contributed by atoms with Gasteiger partial charge in [-0.25, -0.2) is 14.4 Å². The number of anilines is 1. The molecule has 0 radical (unpaired) electrons. The van der Waals surface area contributed by atoms with Crippen LogP contribution in [0.5, 0.6) is 0 Å².